The Morgan fingerprint density at radius 3 is 1.89 bits per heavy atom. The number of alkyl halides is 2. The van der Waals surface area contributed by atoms with Crippen LogP contribution in [-0.2, 0) is 50.3 Å². The Morgan fingerprint density at radius 1 is 0.733 bits per heavy atom. The van der Waals surface area contributed by atoms with Crippen LogP contribution >= 0.6 is 31.9 Å². The second-order valence-corrected chi connectivity index (χ2v) is 15.1. The molecule has 2 unspecified atom stereocenters. The van der Waals surface area contributed by atoms with Crippen molar-refractivity contribution >= 4 is 49.2 Å². The molecule has 3 aromatic rings. The van der Waals surface area contributed by atoms with Crippen molar-refractivity contribution in [1.82, 2.24) is 0 Å². The van der Waals surface area contributed by atoms with Crippen LogP contribution in [0.15, 0.2) is 94.4 Å². The van der Waals surface area contributed by atoms with E-state index in [1.165, 1.54) is 22.3 Å². The van der Waals surface area contributed by atoms with E-state index in [1.807, 2.05) is 13.2 Å². The standard InChI is InChI=1S/C37H36Br2N2O2.2Pd/c1-23-11-7-9-13-28(23)26-16-15-25(3)30(17-26)33-40-35(4,21-42-33)20-36(5)22-43-34(41-36)31-18-27(19-32(38)37(31,6)39)29-14-10-8-12-24(29)2;;/h7-19,21-22,32H,20H2,1-6H3;;/q-2;;/t32?,35-,36-,37?;;/m1../s1. The third-order valence-electron chi connectivity index (χ3n) is 8.56. The number of aryl methyl sites for hydroxylation is 3. The van der Waals surface area contributed by atoms with Crippen LogP contribution in [0, 0.1) is 34.0 Å². The topological polar surface area (TPSA) is 43.2 Å². The van der Waals surface area contributed by atoms with Crippen molar-refractivity contribution < 1.29 is 50.3 Å². The van der Waals surface area contributed by atoms with Crippen LogP contribution in [-0.4, -0.2) is 32.0 Å². The van der Waals surface area contributed by atoms with E-state index in [-0.39, 0.29) is 45.7 Å². The molecule has 0 bridgehead atoms. The molecule has 0 aromatic heterocycles. The zero-order valence-corrected chi connectivity index (χ0v) is 32.3. The molecule has 6 rings (SSSR count). The summed E-state index contributed by atoms with van der Waals surface area (Å²) in [6.45, 7) is 16.4. The molecular weight excluding hydrogens is 877 g/mol. The van der Waals surface area contributed by atoms with Gasteiger partial charge in [0.05, 0.1) is 9.15 Å². The molecule has 0 saturated carbocycles. The summed E-state index contributed by atoms with van der Waals surface area (Å²) >= 11 is 7.88. The van der Waals surface area contributed by atoms with Crippen molar-refractivity contribution in [2.45, 2.75) is 68.2 Å². The van der Waals surface area contributed by atoms with Crippen molar-refractivity contribution in [2.24, 2.45) is 9.98 Å². The third-order valence-corrected chi connectivity index (χ3v) is 11.3. The largest absolute Gasteiger partial charge is 0.647 e. The summed E-state index contributed by atoms with van der Waals surface area (Å²) in [6.07, 6.45) is 5.05. The van der Waals surface area contributed by atoms with Gasteiger partial charge in [0.15, 0.2) is 11.8 Å². The molecule has 0 radical (unpaired) electrons. The van der Waals surface area contributed by atoms with Crippen molar-refractivity contribution in [3.05, 3.63) is 125 Å². The van der Waals surface area contributed by atoms with Crippen LogP contribution in [0.3, 0.4) is 0 Å². The molecule has 3 aliphatic rings. The van der Waals surface area contributed by atoms with Gasteiger partial charge in [0, 0.05) is 52.0 Å². The fourth-order valence-corrected chi connectivity index (χ4v) is 7.08. The SMILES string of the molecule is Cc1ccccc1C1=CC(Br)C(C)(Br)C(C2=N[C@](C)(C[C@]3(C)[CH-]OC(c4cc(-c5ccccc5C)ccc4C)=N3)[CH-]O2)=C1.[Pd].[Pd]. The Bertz CT molecular complexity index is 1730. The van der Waals surface area contributed by atoms with E-state index < -0.39 is 15.4 Å². The van der Waals surface area contributed by atoms with E-state index in [0.29, 0.717) is 18.2 Å². The molecule has 0 spiro atoms. The van der Waals surface area contributed by atoms with Gasteiger partial charge in [-0.05, 0) is 89.9 Å². The number of aliphatic imine (C=N–C) groups is 2. The number of benzene rings is 3. The molecule has 45 heavy (non-hydrogen) atoms. The smallest absolute Gasteiger partial charge is 0.182 e. The van der Waals surface area contributed by atoms with Gasteiger partial charge in [0.1, 0.15) is 0 Å². The average molecular weight is 913 g/mol. The predicted octanol–water partition coefficient (Wildman–Crippen LogP) is 9.65. The number of hydrogen-bond acceptors (Lipinski definition) is 4. The van der Waals surface area contributed by atoms with Crippen LogP contribution in [0.5, 0.6) is 0 Å². The van der Waals surface area contributed by atoms with Crippen LogP contribution in [0.1, 0.15) is 55.0 Å². The summed E-state index contributed by atoms with van der Waals surface area (Å²) in [5.74, 6) is 1.26. The molecule has 0 saturated heterocycles. The molecule has 0 fully saturated rings. The van der Waals surface area contributed by atoms with Gasteiger partial charge >= 0.3 is 0 Å². The molecule has 8 heteroatoms. The summed E-state index contributed by atoms with van der Waals surface area (Å²) in [5, 5.41) is 0. The summed E-state index contributed by atoms with van der Waals surface area (Å²) in [7, 11) is 0. The van der Waals surface area contributed by atoms with E-state index in [0.717, 1.165) is 27.8 Å². The molecule has 242 valence electrons. The number of ether oxygens (including phenoxy) is 2. The van der Waals surface area contributed by atoms with Crippen LogP contribution in [0.25, 0.3) is 16.7 Å². The maximum Gasteiger partial charge on any atom is 0.182 e. The first-order valence-corrected chi connectivity index (χ1v) is 16.3. The minimum absolute atomic E-state index is 0. The van der Waals surface area contributed by atoms with Crippen molar-refractivity contribution in [3.8, 4) is 11.1 Å². The maximum atomic E-state index is 6.24. The van der Waals surface area contributed by atoms with Crippen LogP contribution in [0.2, 0.25) is 0 Å². The summed E-state index contributed by atoms with van der Waals surface area (Å²) in [6, 6.07) is 23.4. The molecule has 2 aliphatic heterocycles. The Hall–Kier alpha value is -1.64. The Balaban J connectivity index is 0.00000230. The first kappa shape index (κ1) is 36.2. The molecule has 4 nitrogen and oxygen atoms in total. The first-order chi connectivity index (χ1) is 20.4. The average Bonchev–Trinajstić information content (AvgIpc) is 3.53. The van der Waals surface area contributed by atoms with E-state index in [1.54, 1.807) is 0 Å². The Labute approximate surface area is 311 Å². The van der Waals surface area contributed by atoms with Crippen LogP contribution < -0.4 is 0 Å². The van der Waals surface area contributed by atoms with Crippen molar-refractivity contribution in [3.63, 3.8) is 0 Å². The maximum absolute atomic E-state index is 6.24. The van der Waals surface area contributed by atoms with Crippen molar-refractivity contribution in [2.75, 3.05) is 0 Å². The number of rotatable bonds is 6. The third kappa shape index (κ3) is 7.28. The van der Waals surface area contributed by atoms with Crippen LogP contribution in [0.4, 0.5) is 0 Å². The summed E-state index contributed by atoms with van der Waals surface area (Å²) < 4.78 is 12.0. The van der Waals surface area contributed by atoms with E-state index in [4.69, 9.17) is 19.5 Å². The van der Waals surface area contributed by atoms with E-state index in [2.05, 4.69) is 152 Å². The Kier molecular flexibility index (Phi) is 11.1. The Morgan fingerprint density at radius 2 is 1.27 bits per heavy atom. The van der Waals surface area contributed by atoms with Gasteiger partial charge in [-0.25, -0.2) is 0 Å². The van der Waals surface area contributed by atoms with Gasteiger partial charge in [0.2, 0.25) is 0 Å². The number of hydrogen-bond donors (Lipinski definition) is 0. The first-order valence-electron chi connectivity index (χ1n) is 14.6. The van der Waals surface area contributed by atoms with Gasteiger partial charge in [-0.1, -0.05) is 119 Å². The normalized spacial score (nSPS) is 27.2. The second kappa shape index (κ2) is 13.8. The predicted molar refractivity (Wildman–Crippen MR) is 185 cm³/mol. The van der Waals surface area contributed by atoms with Gasteiger partial charge in [-0.3, -0.25) is 9.98 Å². The number of allylic oxidation sites excluding steroid dienone is 3. The monoisotopic (exact) mass is 910 g/mol. The van der Waals surface area contributed by atoms with Gasteiger partial charge < -0.3 is 9.47 Å². The van der Waals surface area contributed by atoms with Gasteiger partial charge in [-0.2, -0.15) is 0 Å². The minimum atomic E-state index is -0.587. The summed E-state index contributed by atoms with van der Waals surface area (Å²) in [5.41, 5.74) is 9.14. The fraction of sp³-hybridized carbons (Fsp3) is 0.297. The minimum Gasteiger partial charge on any atom is -0.647 e. The fourth-order valence-electron chi connectivity index (χ4n) is 6.13. The number of nitrogens with zero attached hydrogens (tertiary/aromatic N) is 2. The van der Waals surface area contributed by atoms with Gasteiger partial charge in [0.25, 0.3) is 0 Å². The summed E-state index contributed by atoms with van der Waals surface area (Å²) in [4.78, 5) is 10.3. The van der Waals surface area contributed by atoms with E-state index in [9.17, 15) is 0 Å². The van der Waals surface area contributed by atoms with Crippen molar-refractivity contribution in [1.29, 1.82) is 0 Å². The number of halogens is 2. The molecule has 2 heterocycles. The molecule has 4 atom stereocenters. The van der Waals surface area contributed by atoms with Gasteiger partial charge in [-0.15, -0.1) is 13.2 Å². The second-order valence-electron chi connectivity index (χ2n) is 12.5. The molecule has 3 aromatic carbocycles. The zero-order valence-electron chi connectivity index (χ0n) is 26.0. The zero-order chi connectivity index (χ0) is 30.6. The molecule has 0 amide bonds. The molecule has 0 N–H and O–H groups in total. The molecular formula is C37H36Br2N2O2Pd2-2. The quantitative estimate of drug-likeness (QED) is 0.141. The van der Waals surface area contributed by atoms with E-state index >= 15 is 0 Å². The molecule has 1 aliphatic carbocycles.